The van der Waals surface area contributed by atoms with E-state index in [1.54, 1.807) is 26.2 Å². The smallest absolute Gasteiger partial charge is 0.255 e. The van der Waals surface area contributed by atoms with Crippen molar-refractivity contribution in [3.63, 3.8) is 0 Å². The lowest BCUT2D eigenvalue weighted by atomic mass is 9.57. The first-order valence-corrected chi connectivity index (χ1v) is 12.4. The third kappa shape index (κ3) is 3.11. The lowest BCUT2D eigenvalue weighted by molar-refractivity contribution is -0.153. The van der Waals surface area contributed by atoms with Gasteiger partial charge < -0.3 is 26.2 Å². The summed E-state index contributed by atoms with van der Waals surface area (Å²) >= 11 is 7.75. The number of phenolic OH excluding ortho intramolecular Hbond substituents is 1. The number of halogens is 1. The first-order valence-electron chi connectivity index (χ1n) is 11.1. The van der Waals surface area contributed by atoms with Crippen molar-refractivity contribution in [1.82, 2.24) is 4.90 Å². The van der Waals surface area contributed by atoms with Crippen LogP contribution in [-0.2, 0) is 20.8 Å². The molecular formula is C25H23ClN2O7S. The van der Waals surface area contributed by atoms with Crippen LogP contribution in [0.15, 0.2) is 40.5 Å². The molecule has 0 aliphatic heterocycles. The lowest BCUT2D eigenvalue weighted by Gasteiger charge is -2.50. The second kappa shape index (κ2) is 8.17. The average molecular weight is 531 g/mol. The van der Waals surface area contributed by atoms with Crippen LogP contribution < -0.4 is 5.73 Å². The number of amides is 1. The third-order valence-electron chi connectivity index (χ3n) is 7.47. The van der Waals surface area contributed by atoms with Crippen molar-refractivity contribution >= 4 is 46.2 Å². The van der Waals surface area contributed by atoms with Crippen molar-refractivity contribution < 1.29 is 34.8 Å². The fourth-order valence-corrected chi connectivity index (χ4v) is 7.15. The fraction of sp³-hybridized carbons (Fsp3) is 0.320. The summed E-state index contributed by atoms with van der Waals surface area (Å²) in [7, 11) is 3.12. The molecule has 9 nitrogen and oxygen atoms in total. The Balaban J connectivity index is 1.76. The molecule has 5 rings (SSSR count). The Kier molecular flexibility index (Phi) is 5.56. The molecule has 1 aromatic heterocycles. The molecule has 0 unspecified atom stereocenters. The Morgan fingerprint density at radius 3 is 2.47 bits per heavy atom. The maximum atomic E-state index is 13.8. The van der Waals surface area contributed by atoms with Gasteiger partial charge in [-0.15, -0.1) is 11.3 Å². The number of likely N-dealkylation sites (N-methyl/N-ethyl adjacent to an activating group) is 1. The molecular weight excluding hydrogens is 508 g/mol. The van der Waals surface area contributed by atoms with Crippen molar-refractivity contribution in [2.24, 2.45) is 17.6 Å². The number of hydrogen-bond acceptors (Lipinski definition) is 9. The van der Waals surface area contributed by atoms with E-state index >= 15 is 0 Å². The molecule has 0 saturated heterocycles. The zero-order valence-electron chi connectivity index (χ0n) is 19.3. The van der Waals surface area contributed by atoms with Crippen molar-refractivity contribution in [3.8, 4) is 16.2 Å². The van der Waals surface area contributed by atoms with Gasteiger partial charge in [-0.1, -0.05) is 11.6 Å². The van der Waals surface area contributed by atoms with Crippen LogP contribution in [0.5, 0.6) is 5.75 Å². The van der Waals surface area contributed by atoms with Gasteiger partial charge in [-0.05, 0) is 67.6 Å². The number of hydrogen-bond donors (Lipinski definition) is 5. The number of phenols is 1. The maximum Gasteiger partial charge on any atom is 0.255 e. The highest BCUT2D eigenvalue weighted by Crippen LogP contribution is 2.54. The second-order valence-corrected chi connectivity index (χ2v) is 10.9. The highest BCUT2D eigenvalue weighted by atomic mass is 35.5. The highest BCUT2D eigenvalue weighted by Gasteiger charge is 2.64. The number of carbonyl (C=O) groups excluding carboxylic acids is 3. The molecule has 11 heteroatoms. The first kappa shape index (κ1) is 24.5. The summed E-state index contributed by atoms with van der Waals surface area (Å²) in [5.41, 5.74) is 2.94. The predicted octanol–water partition coefficient (Wildman–Crippen LogP) is 2.35. The minimum Gasteiger partial charge on any atom is -0.508 e. The van der Waals surface area contributed by atoms with Crippen molar-refractivity contribution in [2.45, 2.75) is 24.5 Å². The summed E-state index contributed by atoms with van der Waals surface area (Å²) in [6.45, 7) is 0. The number of nitrogens with zero attached hydrogens (tertiary/aromatic N) is 1. The molecule has 6 N–H and O–H groups in total. The van der Waals surface area contributed by atoms with Crippen molar-refractivity contribution in [1.29, 1.82) is 0 Å². The molecule has 1 amide bonds. The summed E-state index contributed by atoms with van der Waals surface area (Å²) in [4.78, 5) is 41.2. The molecule has 0 radical (unpaired) electrons. The Hall–Kier alpha value is -3.18. The number of benzene rings is 1. The number of primary amides is 1. The number of rotatable bonds is 3. The predicted molar refractivity (Wildman–Crippen MR) is 133 cm³/mol. The number of Topliss-reactive ketones (excluding diaryl/α,β-unsaturated/α-hetero) is 2. The zero-order valence-corrected chi connectivity index (χ0v) is 20.9. The minimum atomic E-state index is -2.66. The van der Waals surface area contributed by atoms with Crippen LogP contribution in [0.3, 0.4) is 0 Å². The van der Waals surface area contributed by atoms with E-state index < -0.39 is 58.0 Å². The average Bonchev–Trinajstić information content (AvgIpc) is 3.21. The van der Waals surface area contributed by atoms with Gasteiger partial charge in [0, 0.05) is 11.5 Å². The van der Waals surface area contributed by atoms with Crippen molar-refractivity contribution in [3.05, 3.63) is 56.6 Å². The standard InChI is InChI=1S/C25H23ClN2O7S/c1-28(2)18-12-8-9-7-11-10(21-13(26)5-6-36-21)3-4-14(29)16(11)19(30)15(9)22(32)25(12,35)23(33)17(20(18)31)24(27)34/h3-6,9,12,18,29-30,33,35H,7-8H2,1-2H3,(H2,27,34)/t9-,12-,18-,25-/m0/s1. The van der Waals surface area contributed by atoms with E-state index in [9.17, 15) is 34.8 Å². The second-order valence-electron chi connectivity index (χ2n) is 9.55. The van der Waals surface area contributed by atoms with Crippen LogP contribution in [0.2, 0.25) is 5.02 Å². The Morgan fingerprint density at radius 2 is 1.89 bits per heavy atom. The number of fused-ring (bicyclic) bond motifs is 3. The molecule has 0 spiro atoms. The normalized spacial score (nSPS) is 27.8. The van der Waals surface area contributed by atoms with E-state index in [0.717, 1.165) is 4.88 Å². The summed E-state index contributed by atoms with van der Waals surface area (Å²) in [6.07, 6.45) is 0.228. The zero-order chi connectivity index (χ0) is 26.3. The molecule has 4 atom stereocenters. The number of aliphatic hydroxyl groups is 3. The minimum absolute atomic E-state index is 0.0268. The summed E-state index contributed by atoms with van der Waals surface area (Å²) in [5, 5.41) is 46.7. The van der Waals surface area contributed by atoms with E-state index in [2.05, 4.69) is 0 Å². The number of nitrogens with two attached hydrogens (primary N) is 1. The van der Waals surface area contributed by atoms with E-state index in [1.165, 1.54) is 22.3 Å². The van der Waals surface area contributed by atoms with Crippen LogP contribution in [0.4, 0.5) is 0 Å². The first-order chi connectivity index (χ1) is 16.9. The van der Waals surface area contributed by atoms with E-state index in [-0.39, 0.29) is 29.7 Å². The van der Waals surface area contributed by atoms with E-state index in [4.69, 9.17) is 17.3 Å². The van der Waals surface area contributed by atoms with E-state index in [0.29, 0.717) is 16.1 Å². The molecule has 3 aliphatic rings. The van der Waals surface area contributed by atoms with Gasteiger partial charge in [0.15, 0.2) is 11.4 Å². The highest BCUT2D eigenvalue weighted by molar-refractivity contribution is 7.14. The van der Waals surface area contributed by atoms with Gasteiger partial charge in [0.05, 0.1) is 21.5 Å². The van der Waals surface area contributed by atoms with E-state index in [1.807, 2.05) is 5.38 Å². The van der Waals surface area contributed by atoms with Gasteiger partial charge in [-0.25, -0.2) is 0 Å². The summed E-state index contributed by atoms with van der Waals surface area (Å²) in [5.74, 6) is -6.77. The third-order valence-corrected chi connectivity index (χ3v) is 8.84. The van der Waals surface area contributed by atoms with Crippen LogP contribution >= 0.6 is 22.9 Å². The number of aromatic hydroxyl groups is 1. The van der Waals surface area contributed by atoms with Crippen LogP contribution in [0, 0.1) is 11.8 Å². The van der Waals surface area contributed by atoms with Crippen LogP contribution in [0.25, 0.3) is 16.2 Å². The van der Waals surface area contributed by atoms with Crippen LogP contribution in [0.1, 0.15) is 17.5 Å². The molecule has 1 heterocycles. The number of ketones is 2. The largest absolute Gasteiger partial charge is 0.508 e. The Bertz CT molecular complexity index is 1430. The molecule has 1 saturated carbocycles. The molecule has 2 aromatic rings. The van der Waals surface area contributed by atoms with Gasteiger partial charge in [0.2, 0.25) is 5.78 Å². The number of aliphatic hydroxyl groups excluding tert-OH is 2. The van der Waals surface area contributed by atoms with Gasteiger partial charge in [0.1, 0.15) is 22.8 Å². The van der Waals surface area contributed by atoms with Crippen LogP contribution in [-0.4, -0.2) is 68.5 Å². The maximum absolute atomic E-state index is 13.8. The quantitative estimate of drug-likeness (QED) is 0.378. The molecule has 1 fully saturated rings. The van der Waals surface area contributed by atoms with Gasteiger partial charge in [-0.3, -0.25) is 19.3 Å². The Morgan fingerprint density at radius 1 is 1.19 bits per heavy atom. The SMILES string of the molecule is CN(C)[C@@H]1C(=O)C(C(N)=O)=C(O)[C@@]2(O)C(=O)C3=C(O)c4c(O)ccc(-c5sccc5Cl)c4C[C@H]3C[C@@H]12. The molecule has 0 bridgehead atoms. The summed E-state index contributed by atoms with van der Waals surface area (Å²) < 4.78 is 0. The molecule has 1 aromatic carbocycles. The molecule has 188 valence electrons. The lowest BCUT2D eigenvalue weighted by Crippen LogP contribution is -2.65. The Labute approximate surface area is 214 Å². The van der Waals surface area contributed by atoms with Gasteiger partial charge in [-0.2, -0.15) is 0 Å². The van der Waals surface area contributed by atoms with Gasteiger partial charge in [0.25, 0.3) is 5.91 Å². The summed E-state index contributed by atoms with van der Waals surface area (Å²) in [6, 6.07) is 3.68. The monoisotopic (exact) mass is 530 g/mol. The topological polar surface area (TPSA) is 161 Å². The number of carbonyl (C=O) groups is 3. The fourth-order valence-electron chi connectivity index (χ4n) is 5.94. The molecule has 36 heavy (non-hydrogen) atoms. The van der Waals surface area contributed by atoms with Crippen molar-refractivity contribution in [2.75, 3.05) is 14.1 Å². The number of thiophene rings is 1. The molecule has 3 aliphatic carbocycles. The van der Waals surface area contributed by atoms with Gasteiger partial charge >= 0.3 is 0 Å².